The van der Waals surface area contributed by atoms with Crippen molar-refractivity contribution in [2.75, 3.05) is 11.9 Å². The van der Waals surface area contributed by atoms with E-state index in [0.717, 1.165) is 18.9 Å². The summed E-state index contributed by atoms with van der Waals surface area (Å²) in [5.74, 6) is -1.45. The van der Waals surface area contributed by atoms with E-state index in [9.17, 15) is 19.1 Å². The number of nitrogens with one attached hydrogen (secondary N) is 1. The number of carbonyl (C=O) groups is 1. The predicted molar refractivity (Wildman–Crippen MR) is 111 cm³/mol. The molecule has 2 heterocycles. The van der Waals surface area contributed by atoms with E-state index in [2.05, 4.69) is 15.3 Å². The molecule has 0 aliphatic carbocycles. The van der Waals surface area contributed by atoms with Gasteiger partial charge in [0, 0.05) is 12.7 Å². The van der Waals surface area contributed by atoms with Crippen LogP contribution in [0.4, 0.5) is 16.0 Å². The molecule has 2 aromatic heterocycles. The smallest absolute Gasteiger partial charge is 0.330 e. The summed E-state index contributed by atoms with van der Waals surface area (Å²) in [5, 5.41) is 12.8. The summed E-state index contributed by atoms with van der Waals surface area (Å²) in [6.07, 6.45) is 3.93. The monoisotopic (exact) mass is 416 g/mol. The summed E-state index contributed by atoms with van der Waals surface area (Å²) in [4.78, 5) is 32.7. The Morgan fingerprint density at radius 1 is 1.40 bits per heavy atom. The second-order valence-corrected chi connectivity index (χ2v) is 7.23. The third-order valence-corrected chi connectivity index (χ3v) is 5.13. The fraction of sp³-hybridized carbons (Fsp3) is 0.400. The summed E-state index contributed by atoms with van der Waals surface area (Å²) in [7, 11) is 1.62. The number of benzene rings is 1. The Bertz CT molecular complexity index is 1150. The van der Waals surface area contributed by atoms with E-state index < -0.39 is 17.8 Å². The van der Waals surface area contributed by atoms with Gasteiger partial charge in [0.2, 0.25) is 5.95 Å². The van der Waals surface area contributed by atoms with Crippen LogP contribution in [0, 0.1) is 12.7 Å². The van der Waals surface area contributed by atoms with Crippen molar-refractivity contribution in [2.24, 2.45) is 12.8 Å². The lowest BCUT2D eigenvalue weighted by atomic mass is 10.1. The number of carbonyl (C=O) groups excluding carboxylic acids is 1. The van der Waals surface area contributed by atoms with Gasteiger partial charge in [0.25, 0.3) is 5.91 Å². The molecule has 3 aromatic rings. The lowest BCUT2D eigenvalue weighted by Crippen LogP contribution is -2.28. The fourth-order valence-corrected chi connectivity index (χ4v) is 3.39. The van der Waals surface area contributed by atoms with Crippen LogP contribution in [-0.2, 0) is 7.05 Å². The number of hydrogen-bond acceptors (Lipinski definition) is 6. The van der Waals surface area contributed by atoms with Gasteiger partial charge in [-0.3, -0.25) is 13.9 Å². The molecule has 10 heteroatoms. The molecule has 160 valence electrons. The van der Waals surface area contributed by atoms with Crippen LogP contribution >= 0.6 is 0 Å². The first kappa shape index (κ1) is 21.4. The molecule has 0 aliphatic rings. The molecule has 1 unspecified atom stereocenters. The molecule has 0 aliphatic heterocycles. The number of aromatic nitrogens is 4. The number of anilines is 2. The van der Waals surface area contributed by atoms with Crippen LogP contribution in [-0.4, -0.2) is 36.7 Å². The minimum atomic E-state index is -0.852. The lowest BCUT2D eigenvalue weighted by molar-refractivity contribution is 0.0996. The number of aryl methyl sites for hydroxylation is 2. The largest absolute Gasteiger partial charge is 0.394 e. The fourth-order valence-electron chi connectivity index (χ4n) is 3.39. The predicted octanol–water partition coefficient (Wildman–Crippen LogP) is 2.14. The molecule has 0 saturated heterocycles. The number of primary amides is 1. The Morgan fingerprint density at radius 3 is 2.77 bits per heavy atom. The zero-order valence-electron chi connectivity index (χ0n) is 17.1. The third kappa shape index (κ3) is 3.90. The minimum Gasteiger partial charge on any atom is -0.394 e. The maximum atomic E-state index is 14.2. The highest BCUT2D eigenvalue weighted by molar-refractivity contribution is 5.94. The van der Waals surface area contributed by atoms with Crippen LogP contribution in [0.25, 0.3) is 11.2 Å². The molecule has 30 heavy (non-hydrogen) atoms. The van der Waals surface area contributed by atoms with E-state index >= 15 is 0 Å². The topological polar surface area (TPSA) is 128 Å². The number of aliphatic hydroxyl groups excluding tert-OH is 1. The lowest BCUT2D eigenvalue weighted by Gasteiger charge is -2.15. The number of hydrogen-bond donors (Lipinski definition) is 3. The molecule has 0 saturated carbocycles. The van der Waals surface area contributed by atoms with Gasteiger partial charge in [0.1, 0.15) is 11.3 Å². The molecule has 9 nitrogen and oxygen atoms in total. The zero-order valence-corrected chi connectivity index (χ0v) is 17.1. The van der Waals surface area contributed by atoms with Gasteiger partial charge in [-0.25, -0.2) is 14.2 Å². The summed E-state index contributed by atoms with van der Waals surface area (Å²) < 4.78 is 17.1. The summed E-state index contributed by atoms with van der Waals surface area (Å²) in [6, 6.07) is 2.10. The first-order valence-electron chi connectivity index (χ1n) is 9.70. The SMILES string of the molecule is CCCCC(CO)n1c(=O)n(C)c2cnc(Nc3cc(F)c(C(N)=O)cc3C)nc21. The minimum absolute atomic E-state index is 0.156. The zero-order chi connectivity index (χ0) is 22.0. The molecular formula is C20H25FN6O3. The van der Waals surface area contributed by atoms with Crippen LogP contribution in [0.15, 0.2) is 23.1 Å². The normalized spacial score (nSPS) is 12.3. The first-order valence-corrected chi connectivity index (χ1v) is 9.70. The van der Waals surface area contributed by atoms with E-state index in [1.807, 2.05) is 6.92 Å². The van der Waals surface area contributed by atoms with Crippen molar-refractivity contribution in [3.05, 3.63) is 45.8 Å². The number of aliphatic hydroxyl groups is 1. The van der Waals surface area contributed by atoms with E-state index in [0.29, 0.717) is 28.8 Å². The van der Waals surface area contributed by atoms with Gasteiger partial charge in [-0.05, 0) is 31.0 Å². The number of halogens is 1. The molecule has 1 aromatic carbocycles. The Balaban J connectivity index is 2.05. The standard InChI is InChI=1S/C20H25FN6O3/c1-4-5-6-12(10-28)27-18-16(26(3)20(27)30)9-23-19(25-18)24-15-8-14(21)13(17(22)29)7-11(15)2/h7-9,12,28H,4-6,10H2,1-3H3,(H2,22,29)(H,23,24,25). The number of amides is 1. The maximum Gasteiger partial charge on any atom is 0.330 e. The Hall–Kier alpha value is -3.27. The number of nitrogens with zero attached hydrogens (tertiary/aromatic N) is 4. The van der Waals surface area contributed by atoms with Crippen LogP contribution in [0.5, 0.6) is 0 Å². The van der Waals surface area contributed by atoms with Gasteiger partial charge in [-0.2, -0.15) is 4.98 Å². The Kier molecular flexibility index (Phi) is 6.16. The second-order valence-electron chi connectivity index (χ2n) is 7.23. The molecule has 0 spiro atoms. The first-order chi connectivity index (χ1) is 14.3. The average molecular weight is 416 g/mol. The van der Waals surface area contributed by atoms with Crippen molar-refractivity contribution >= 4 is 28.7 Å². The molecule has 1 atom stereocenters. The molecule has 0 radical (unpaired) electrons. The van der Waals surface area contributed by atoms with Crippen LogP contribution in [0.2, 0.25) is 0 Å². The van der Waals surface area contributed by atoms with Crippen molar-refractivity contribution in [3.8, 4) is 0 Å². The Labute approximate surface area is 172 Å². The number of unbranched alkanes of at least 4 members (excludes halogenated alkanes) is 1. The van der Waals surface area contributed by atoms with E-state index in [-0.39, 0.29) is 23.8 Å². The molecule has 1 amide bonds. The van der Waals surface area contributed by atoms with Gasteiger partial charge < -0.3 is 16.2 Å². The molecule has 0 fully saturated rings. The summed E-state index contributed by atoms with van der Waals surface area (Å²) in [6.45, 7) is 3.54. The van der Waals surface area contributed by atoms with E-state index in [1.165, 1.54) is 21.4 Å². The highest BCUT2D eigenvalue weighted by Gasteiger charge is 2.21. The van der Waals surface area contributed by atoms with Crippen molar-refractivity contribution < 1.29 is 14.3 Å². The van der Waals surface area contributed by atoms with Gasteiger partial charge >= 0.3 is 5.69 Å². The maximum absolute atomic E-state index is 14.2. The molecule has 3 rings (SSSR count). The van der Waals surface area contributed by atoms with E-state index in [1.54, 1.807) is 14.0 Å². The van der Waals surface area contributed by atoms with Crippen molar-refractivity contribution in [3.63, 3.8) is 0 Å². The van der Waals surface area contributed by atoms with Gasteiger partial charge in [0.05, 0.1) is 24.4 Å². The van der Waals surface area contributed by atoms with Crippen molar-refractivity contribution in [2.45, 2.75) is 39.2 Å². The van der Waals surface area contributed by atoms with Gasteiger partial charge in [0.15, 0.2) is 5.65 Å². The number of rotatable bonds is 8. The quantitative estimate of drug-likeness (QED) is 0.516. The molecule has 0 bridgehead atoms. The van der Waals surface area contributed by atoms with Crippen molar-refractivity contribution in [1.29, 1.82) is 0 Å². The summed E-state index contributed by atoms with van der Waals surface area (Å²) in [5.41, 5.74) is 6.53. The van der Waals surface area contributed by atoms with Crippen LogP contribution < -0.4 is 16.7 Å². The Morgan fingerprint density at radius 2 is 2.13 bits per heavy atom. The van der Waals surface area contributed by atoms with Crippen molar-refractivity contribution in [1.82, 2.24) is 19.1 Å². The third-order valence-electron chi connectivity index (χ3n) is 5.13. The summed E-state index contributed by atoms with van der Waals surface area (Å²) >= 11 is 0. The number of fused-ring (bicyclic) bond motifs is 1. The van der Waals surface area contributed by atoms with Crippen LogP contribution in [0.1, 0.15) is 48.1 Å². The van der Waals surface area contributed by atoms with Crippen LogP contribution in [0.3, 0.4) is 0 Å². The van der Waals surface area contributed by atoms with Gasteiger partial charge in [-0.1, -0.05) is 19.8 Å². The number of nitrogens with two attached hydrogens (primary N) is 1. The van der Waals surface area contributed by atoms with Gasteiger partial charge in [-0.15, -0.1) is 0 Å². The number of imidazole rings is 1. The average Bonchev–Trinajstić information content (AvgIpc) is 2.95. The second kappa shape index (κ2) is 8.62. The highest BCUT2D eigenvalue weighted by atomic mass is 19.1. The van der Waals surface area contributed by atoms with E-state index in [4.69, 9.17) is 5.73 Å². The highest BCUT2D eigenvalue weighted by Crippen LogP contribution is 2.24. The molecular weight excluding hydrogens is 391 g/mol. The molecule has 4 N–H and O–H groups in total.